The number of hydrogen-bond donors (Lipinski definition) is 0. The highest BCUT2D eigenvalue weighted by atomic mass is 16.6. The van der Waals surface area contributed by atoms with Gasteiger partial charge in [-0.2, -0.15) is 0 Å². The van der Waals surface area contributed by atoms with Crippen LogP contribution in [0.3, 0.4) is 0 Å². The molecule has 1 fully saturated rings. The average Bonchev–Trinajstić information content (AvgIpc) is 3.18. The van der Waals surface area contributed by atoms with Gasteiger partial charge < -0.3 is 0 Å². The van der Waals surface area contributed by atoms with Crippen molar-refractivity contribution in [3.8, 4) is 0 Å². The first-order valence-corrected chi connectivity index (χ1v) is 9.21. The molecule has 4 rings (SSSR count). The van der Waals surface area contributed by atoms with Crippen LogP contribution >= 0.6 is 0 Å². The van der Waals surface area contributed by atoms with Gasteiger partial charge in [-0.05, 0) is 34.8 Å². The number of hydrogen-bond acceptors (Lipinski definition) is 4. The van der Waals surface area contributed by atoms with Crippen molar-refractivity contribution in [1.29, 1.82) is 0 Å². The predicted octanol–water partition coefficient (Wildman–Crippen LogP) is 5.28. The third-order valence-electron chi connectivity index (χ3n) is 5.95. The third kappa shape index (κ3) is 2.80. The van der Waals surface area contributed by atoms with E-state index in [4.69, 9.17) is 0 Å². The SMILES string of the molecule is CC1(C)[C](c2cccc([N+](=O)[O-])c2)C2C=CCC2[C]1c1cccc([N+](=O)[O-])c1. The first-order chi connectivity index (χ1) is 13.3. The van der Waals surface area contributed by atoms with Gasteiger partial charge in [-0.1, -0.05) is 50.3 Å². The first-order valence-electron chi connectivity index (χ1n) is 9.21. The summed E-state index contributed by atoms with van der Waals surface area (Å²) in [6, 6.07) is 13.6. The molecule has 142 valence electrons. The summed E-state index contributed by atoms with van der Waals surface area (Å²) in [7, 11) is 0. The molecule has 0 N–H and O–H groups in total. The van der Waals surface area contributed by atoms with Gasteiger partial charge in [-0.25, -0.2) is 0 Å². The maximum Gasteiger partial charge on any atom is 0.269 e. The second kappa shape index (κ2) is 6.55. The van der Waals surface area contributed by atoms with E-state index in [1.54, 1.807) is 24.3 Å². The maximum absolute atomic E-state index is 11.3. The molecular weight excluding hydrogens is 356 g/mol. The fourth-order valence-electron chi connectivity index (χ4n) is 4.97. The van der Waals surface area contributed by atoms with Crippen molar-refractivity contribution in [2.45, 2.75) is 20.3 Å². The van der Waals surface area contributed by atoms with Crippen molar-refractivity contribution < 1.29 is 9.85 Å². The number of fused-ring (bicyclic) bond motifs is 1. The Bertz CT molecular complexity index is 982. The molecular formula is C22H20N2O4. The van der Waals surface area contributed by atoms with Gasteiger partial charge in [0.05, 0.1) is 9.85 Å². The summed E-state index contributed by atoms with van der Waals surface area (Å²) in [6.45, 7) is 4.23. The molecule has 2 radical (unpaired) electrons. The summed E-state index contributed by atoms with van der Waals surface area (Å²) >= 11 is 0. The Morgan fingerprint density at radius 3 is 1.96 bits per heavy atom. The summed E-state index contributed by atoms with van der Waals surface area (Å²) < 4.78 is 0. The van der Waals surface area contributed by atoms with Gasteiger partial charge in [0.2, 0.25) is 0 Å². The molecule has 0 aliphatic heterocycles. The number of nitro benzene ring substituents is 2. The highest BCUT2D eigenvalue weighted by Crippen LogP contribution is 2.64. The number of allylic oxidation sites excluding steroid dienone is 2. The first kappa shape index (κ1) is 18.3. The molecule has 0 spiro atoms. The van der Waals surface area contributed by atoms with Crippen molar-refractivity contribution >= 4 is 11.4 Å². The van der Waals surface area contributed by atoms with Crippen LogP contribution in [0.5, 0.6) is 0 Å². The summed E-state index contributed by atoms with van der Waals surface area (Å²) in [5, 5.41) is 22.5. The van der Waals surface area contributed by atoms with Crippen molar-refractivity contribution in [3.63, 3.8) is 0 Å². The Kier molecular flexibility index (Phi) is 4.29. The minimum Gasteiger partial charge on any atom is -0.258 e. The Morgan fingerprint density at radius 1 is 0.893 bits per heavy atom. The van der Waals surface area contributed by atoms with E-state index in [1.807, 2.05) is 12.1 Å². The Morgan fingerprint density at radius 2 is 1.43 bits per heavy atom. The standard InChI is InChI=1S/C22H20N2O4/c1-22(2)20(14-6-3-8-16(12-14)23(25)26)18-10-5-11-19(18)21(22)15-7-4-9-17(13-15)24(27)28/h3-10,12-13,18-19H,11H2,1-2H3. The molecule has 2 aliphatic carbocycles. The lowest BCUT2D eigenvalue weighted by molar-refractivity contribution is -0.385. The van der Waals surface area contributed by atoms with Crippen LogP contribution in [-0.4, -0.2) is 9.85 Å². The van der Waals surface area contributed by atoms with Gasteiger partial charge in [-0.3, -0.25) is 20.2 Å². The maximum atomic E-state index is 11.3. The van der Waals surface area contributed by atoms with Crippen LogP contribution in [0.1, 0.15) is 31.4 Å². The van der Waals surface area contributed by atoms with E-state index in [0.29, 0.717) is 0 Å². The second-order valence-corrected chi connectivity index (χ2v) is 7.86. The molecule has 0 amide bonds. The lowest BCUT2D eigenvalue weighted by atomic mass is 9.68. The highest BCUT2D eigenvalue weighted by Gasteiger charge is 2.57. The average molecular weight is 376 g/mol. The van der Waals surface area contributed by atoms with E-state index in [0.717, 1.165) is 29.4 Å². The summed E-state index contributed by atoms with van der Waals surface area (Å²) in [5.41, 5.74) is 1.51. The third-order valence-corrected chi connectivity index (χ3v) is 5.95. The van der Waals surface area contributed by atoms with E-state index < -0.39 is 0 Å². The number of nitrogens with zero attached hydrogens (tertiary/aromatic N) is 2. The van der Waals surface area contributed by atoms with Gasteiger partial charge in [0.1, 0.15) is 0 Å². The van der Waals surface area contributed by atoms with Gasteiger partial charge in [-0.15, -0.1) is 0 Å². The van der Waals surface area contributed by atoms with Crippen molar-refractivity contribution in [2.24, 2.45) is 17.3 Å². The highest BCUT2D eigenvalue weighted by molar-refractivity contribution is 5.57. The zero-order valence-electron chi connectivity index (χ0n) is 15.7. The van der Waals surface area contributed by atoms with Crippen LogP contribution in [0.25, 0.3) is 0 Å². The number of non-ortho nitro benzene ring substituents is 2. The van der Waals surface area contributed by atoms with Crippen LogP contribution in [0.4, 0.5) is 11.4 Å². The minimum atomic E-state index is -0.376. The van der Waals surface area contributed by atoms with Crippen LogP contribution < -0.4 is 0 Å². The Balaban J connectivity index is 1.81. The van der Waals surface area contributed by atoms with E-state index in [-0.39, 0.29) is 38.5 Å². The molecule has 2 unspecified atom stereocenters. The molecule has 0 saturated heterocycles. The van der Waals surface area contributed by atoms with Crippen LogP contribution in [-0.2, 0) is 0 Å². The molecule has 28 heavy (non-hydrogen) atoms. The van der Waals surface area contributed by atoms with Gasteiger partial charge in [0, 0.05) is 36.1 Å². The van der Waals surface area contributed by atoms with E-state index >= 15 is 0 Å². The Labute approximate surface area is 163 Å². The molecule has 6 nitrogen and oxygen atoms in total. The molecule has 0 heterocycles. The fourth-order valence-corrected chi connectivity index (χ4v) is 4.97. The monoisotopic (exact) mass is 376 g/mol. The molecule has 6 heteroatoms. The molecule has 0 bridgehead atoms. The summed E-state index contributed by atoms with van der Waals surface area (Å²) in [4.78, 5) is 21.8. The van der Waals surface area contributed by atoms with Crippen LogP contribution in [0.2, 0.25) is 0 Å². The minimum absolute atomic E-state index is 0.0723. The topological polar surface area (TPSA) is 86.3 Å². The van der Waals surface area contributed by atoms with Gasteiger partial charge >= 0.3 is 0 Å². The summed E-state index contributed by atoms with van der Waals surface area (Å²) in [5.74, 6) is 2.65. The van der Waals surface area contributed by atoms with Crippen LogP contribution in [0, 0.1) is 49.3 Å². The quantitative estimate of drug-likeness (QED) is 0.413. The fraction of sp³-hybridized carbons (Fsp3) is 0.273. The molecule has 0 aromatic heterocycles. The van der Waals surface area contributed by atoms with Gasteiger partial charge in [0.25, 0.3) is 11.4 Å². The lowest BCUT2D eigenvalue weighted by Crippen LogP contribution is -2.26. The Hall–Kier alpha value is -3.02. The van der Waals surface area contributed by atoms with Crippen molar-refractivity contribution in [3.05, 3.63) is 104 Å². The number of nitro groups is 2. The molecule has 2 aromatic carbocycles. The molecule has 2 atom stereocenters. The molecule has 2 aliphatic rings. The van der Waals surface area contributed by atoms with Gasteiger partial charge in [0.15, 0.2) is 0 Å². The zero-order valence-corrected chi connectivity index (χ0v) is 15.7. The predicted molar refractivity (Wildman–Crippen MR) is 105 cm³/mol. The molecule has 2 aromatic rings. The van der Waals surface area contributed by atoms with E-state index in [9.17, 15) is 20.2 Å². The van der Waals surface area contributed by atoms with E-state index in [2.05, 4.69) is 26.0 Å². The largest absolute Gasteiger partial charge is 0.269 e. The lowest BCUT2D eigenvalue weighted by Gasteiger charge is -2.34. The van der Waals surface area contributed by atoms with Crippen molar-refractivity contribution in [2.75, 3.05) is 0 Å². The zero-order chi connectivity index (χ0) is 20.1. The number of rotatable bonds is 4. The van der Waals surface area contributed by atoms with E-state index in [1.165, 1.54) is 12.1 Å². The summed E-state index contributed by atoms with van der Waals surface area (Å²) in [6.07, 6.45) is 5.18. The number of benzene rings is 2. The van der Waals surface area contributed by atoms with Crippen molar-refractivity contribution in [1.82, 2.24) is 0 Å². The molecule has 1 saturated carbocycles. The smallest absolute Gasteiger partial charge is 0.258 e. The second-order valence-electron chi connectivity index (χ2n) is 7.86. The normalized spacial score (nSPS) is 23.6. The van der Waals surface area contributed by atoms with Crippen LogP contribution in [0.15, 0.2) is 60.7 Å².